The first-order valence-corrected chi connectivity index (χ1v) is 6.97. The van der Waals surface area contributed by atoms with Crippen LogP contribution in [0.4, 0.5) is 22.0 Å². The Morgan fingerprint density at radius 1 is 1.17 bits per heavy atom. The molecule has 0 saturated carbocycles. The second-order valence-electron chi connectivity index (χ2n) is 5.06. The van der Waals surface area contributed by atoms with Gasteiger partial charge in [-0.25, -0.2) is 22.0 Å². The van der Waals surface area contributed by atoms with Gasteiger partial charge < -0.3 is 5.32 Å². The molecule has 1 N–H and O–H groups in total. The first-order valence-electron chi connectivity index (χ1n) is 6.97. The molecule has 1 aromatic carbocycles. The van der Waals surface area contributed by atoms with E-state index >= 15 is 0 Å². The van der Waals surface area contributed by atoms with Crippen LogP contribution in [0.25, 0.3) is 0 Å². The molecule has 0 saturated heterocycles. The minimum Gasteiger partial charge on any atom is -0.350 e. The van der Waals surface area contributed by atoms with Gasteiger partial charge in [0.15, 0.2) is 0 Å². The smallest absolute Gasteiger partial charge is 0.282 e. The Labute approximate surface area is 134 Å². The van der Waals surface area contributed by atoms with Crippen molar-refractivity contribution in [3.63, 3.8) is 0 Å². The average Bonchev–Trinajstić information content (AvgIpc) is 2.99. The van der Waals surface area contributed by atoms with E-state index in [4.69, 9.17) is 0 Å². The molecule has 1 heterocycles. The van der Waals surface area contributed by atoms with E-state index < -0.39 is 42.0 Å². The molecule has 0 aliphatic rings. The van der Waals surface area contributed by atoms with Crippen LogP contribution < -0.4 is 5.32 Å². The largest absolute Gasteiger partial charge is 0.350 e. The molecule has 0 aliphatic carbocycles. The summed E-state index contributed by atoms with van der Waals surface area (Å²) in [6.07, 6.45) is -6.06. The molecule has 0 aliphatic heterocycles. The van der Waals surface area contributed by atoms with Gasteiger partial charge >= 0.3 is 0 Å². The van der Waals surface area contributed by atoms with Gasteiger partial charge in [-0.15, -0.1) is 0 Å². The van der Waals surface area contributed by atoms with Gasteiger partial charge in [0, 0.05) is 6.54 Å². The summed E-state index contributed by atoms with van der Waals surface area (Å²) in [6, 6.07) is 4.70. The van der Waals surface area contributed by atoms with Crippen LogP contribution in [0.1, 0.15) is 42.8 Å². The third-order valence-electron chi connectivity index (χ3n) is 3.36. The Hall–Kier alpha value is -2.45. The molecule has 1 unspecified atom stereocenters. The molecule has 9 heteroatoms. The van der Waals surface area contributed by atoms with E-state index in [9.17, 15) is 26.7 Å². The number of aromatic nitrogens is 2. The molecule has 2 aromatic rings. The lowest BCUT2D eigenvalue weighted by molar-refractivity contribution is -0.124. The average molecular weight is 347 g/mol. The maximum Gasteiger partial charge on any atom is 0.282 e. The number of alkyl halides is 4. The Kier molecular flexibility index (Phi) is 5.53. The van der Waals surface area contributed by atoms with Crippen molar-refractivity contribution in [1.82, 2.24) is 15.1 Å². The summed E-state index contributed by atoms with van der Waals surface area (Å²) >= 11 is 0. The quantitative estimate of drug-likeness (QED) is 0.809. The molecule has 130 valence electrons. The highest BCUT2D eigenvalue weighted by Crippen LogP contribution is 2.27. The number of amides is 1. The summed E-state index contributed by atoms with van der Waals surface area (Å²) in [5, 5.41) is 5.86. The van der Waals surface area contributed by atoms with E-state index in [1.165, 1.54) is 31.2 Å². The molecule has 0 fully saturated rings. The molecular weight excluding hydrogens is 333 g/mol. The summed E-state index contributed by atoms with van der Waals surface area (Å²) < 4.78 is 64.5. The zero-order valence-corrected chi connectivity index (χ0v) is 12.5. The van der Waals surface area contributed by atoms with Crippen molar-refractivity contribution in [2.45, 2.75) is 32.4 Å². The zero-order chi connectivity index (χ0) is 17.9. The van der Waals surface area contributed by atoms with Crippen LogP contribution in [0.5, 0.6) is 0 Å². The third-order valence-corrected chi connectivity index (χ3v) is 3.36. The van der Waals surface area contributed by atoms with E-state index in [1.54, 1.807) is 0 Å². The molecule has 0 spiro atoms. The standard InChI is InChI=1S/C15H14F5N3O/c1-8(15(24)21-7-9-2-4-10(16)5-3-9)23-12(14(19)20)6-11(22-23)13(17)18/h2-6,8,13-14H,7H2,1H3,(H,21,24). The van der Waals surface area contributed by atoms with Crippen molar-refractivity contribution in [2.24, 2.45) is 0 Å². The van der Waals surface area contributed by atoms with Crippen LogP contribution >= 0.6 is 0 Å². The van der Waals surface area contributed by atoms with E-state index in [2.05, 4.69) is 10.4 Å². The highest BCUT2D eigenvalue weighted by Gasteiger charge is 2.26. The number of hydrogen-bond donors (Lipinski definition) is 1. The van der Waals surface area contributed by atoms with Gasteiger partial charge in [-0.2, -0.15) is 5.10 Å². The molecular formula is C15H14F5N3O. The fraction of sp³-hybridized carbons (Fsp3) is 0.333. The lowest BCUT2D eigenvalue weighted by Crippen LogP contribution is -2.32. The van der Waals surface area contributed by atoms with Crippen molar-refractivity contribution >= 4 is 5.91 Å². The lowest BCUT2D eigenvalue weighted by atomic mass is 10.2. The van der Waals surface area contributed by atoms with E-state index in [-0.39, 0.29) is 6.54 Å². The predicted molar refractivity (Wildman–Crippen MR) is 75.1 cm³/mol. The van der Waals surface area contributed by atoms with Crippen LogP contribution in [-0.4, -0.2) is 15.7 Å². The first kappa shape index (κ1) is 17.9. The first-order chi connectivity index (χ1) is 11.3. The van der Waals surface area contributed by atoms with Crippen LogP contribution in [0, 0.1) is 5.82 Å². The SMILES string of the molecule is CC(C(=O)NCc1ccc(F)cc1)n1nc(C(F)F)cc1C(F)F. The Morgan fingerprint density at radius 3 is 2.33 bits per heavy atom. The number of hydrogen-bond acceptors (Lipinski definition) is 2. The summed E-state index contributed by atoms with van der Waals surface area (Å²) in [5.41, 5.74) is -0.974. The molecule has 2 rings (SSSR count). The van der Waals surface area contributed by atoms with Crippen molar-refractivity contribution in [3.05, 3.63) is 53.1 Å². The molecule has 0 radical (unpaired) electrons. The van der Waals surface area contributed by atoms with Crippen molar-refractivity contribution in [1.29, 1.82) is 0 Å². The number of carbonyl (C=O) groups is 1. The highest BCUT2D eigenvalue weighted by molar-refractivity contribution is 5.79. The van der Waals surface area contributed by atoms with E-state index in [0.717, 1.165) is 0 Å². The Morgan fingerprint density at radius 2 is 1.79 bits per heavy atom. The van der Waals surface area contributed by atoms with Gasteiger partial charge in [-0.1, -0.05) is 12.1 Å². The number of rotatable bonds is 6. The van der Waals surface area contributed by atoms with Crippen molar-refractivity contribution < 1.29 is 26.7 Å². The Bertz CT molecular complexity index is 700. The molecule has 0 bridgehead atoms. The van der Waals surface area contributed by atoms with Crippen LogP contribution in [-0.2, 0) is 11.3 Å². The maximum atomic E-state index is 12.9. The zero-order valence-electron chi connectivity index (χ0n) is 12.5. The van der Waals surface area contributed by atoms with Gasteiger partial charge in [0.05, 0.1) is 0 Å². The van der Waals surface area contributed by atoms with Gasteiger partial charge in [0.1, 0.15) is 23.2 Å². The van der Waals surface area contributed by atoms with Crippen molar-refractivity contribution in [3.8, 4) is 0 Å². The normalized spacial score (nSPS) is 12.7. The van der Waals surface area contributed by atoms with Gasteiger partial charge in [0.2, 0.25) is 5.91 Å². The van der Waals surface area contributed by atoms with Crippen molar-refractivity contribution in [2.75, 3.05) is 0 Å². The van der Waals surface area contributed by atoms with Crippen LogP contribution in [0.2, 0.25) is 0 Å². The number of carbonyl (C=O) groups excluding carboxylic acids is 1. The summed E-state index contributed by atoms with van der Waals surface area (Å²) in [5.74, 6) is -1.11. The second-order valence-corrected chi connectivity index (χ2v) is 5.06. The fourth-order valence-electron chi connectivity index (χ4n) is 2.06. The lowest BCUT2D eigenvalue weighted by Gasteiger charge is -2.15. The minimum absolute atomic E-state index is 0.0381. The number of nitrogens with one attached hydrogen (secondary N) is 1. The van der Waals surface area contributed by atoms with Crippen LogP contribution in [0.3, 0.4) is 0 Å². The maximum absolute atomic E-state index is 12.9. The number of nitrogens with zero attached hydrogens (tertiary/aromatic N) is 2. The number of halogens is 5. The molecule has 1 aromatic heterocycles. The molecule has 24 heavy (non-hydrogen) atoms. The van der Waals surface area contributed by atoms with E-state index in [0.29, 0.717) is 16.3 Å². The van der Waals surface area contributed by atoms with Crippen LogP contribution in [0.15, 0.2) is 30.3 Å². The summed E-state index contributed by atoms with van der Waals surface area (Å²) in [4.78, 5) is 12.1. The highest BCUT2D eigenvalue weighted by atomic mass is 19.3. The molecule has 4 nitrogen and oxygen atoms in total. The van der Waals surface area contributed by atoms with E-state index in [1.807, 2.05) is 0 Å². The second kappa shape index (κ2) is 7.41. The Balaban J connectivity index is 2.10. The predicted octanol–water partition coefficient (Wildman–Crippen LogP) is 3.77. The fourth-order valence-corrected chi connectivity index (χ4v) is 2.06. The monoisotopic (exact) mass is 347 g/mol. The van der Waals surface area contributed by atoms with Gasteiger partial charge in [0.25, 0.3) is 12.9 Å². The molecule has 1 atom stereocenters. The topological polar surface area (TPSA) is 46.9 Å². The minimum atomic E-state index is -3.04. The molecule has 1 amide bonds. The van der Waals surface area contributed by atoms with Gasteiger partial charge in [-0.05, 0) is 30.7 Å². The third kappa shape index (κ3) is 4.09. The summed E-state index contributed by atoms with van der Waals surface area (Å²) in [6.45, 7) is 1.31. The number of benzene rings is 1. The summed E-state index contributed by atoms with van der Waals surface area (Å²) in [7, 11) is 0. The van der Waals surface area contributed by atoms with Gasteiger partial charge in [-0.3, -0.25) is 9.48 Å².